The number of benzene rings is 2. The summed E-state index contributed by atoms with van der Waals surface area (Å²) in [6.45, 7) is 4.24. The molecule has 0 atom stereocenters. The van der Waals surface area contributed by atoms with Crippen molar-refractivity contribution in [2.45, 2.75) is 30.6 Å². The summed E-state index contributed by atoms with van der Waals surface area (Å²) >= 11 is 0. The molecule has 8 nitrogen and oxygen atoms in total. The number of hydrogen-bond donors (Lipinski definition) is 1. The molecule has 0 bridgehead atoms. The summed E-state index contributed by atoms with van der Waals surface area (Å²) in [5.41, 5.74) is 1.15. The molecule has 1 saturated carbocycles. The van der Waals surface area contributed by atoms with Gasteiger partial charge in [-0.2, -0.15) is 0 Å². The SMILES string of the molecule is COc1cc(NS(=O)(=O)c2cccc3cccnc23)ccc1C(=O)N1CCN(CC2CCCC2)CC1. The van der Waals surface area contributed by atoms with E-state index in [-0.39, 0.29) is 10.8 Å². The number of para-hydroxylation sites is 1. The molecule has 1 saturated heterocycles. The van der Waals surface area contributed by atoms with Gasteiger partial charge in [-0.05, 0) is 43.0 Å². The second kappa shape index (κ2) is 10.4. The van der Waals surface area contributed by atoms with E-state index < -0.39 is 10.0 Å². The van der Waals surface area contributed by atoms with Gasteiger partial charge in [0.25, 0.3) is 15.9 Å². The summed E-state index contributed by atoms with van der Waals surface area (Å²) in [5.74, 6) is 1.04. The van der Waals surface area contributed by atoms with Crippen molar-refractivity contribution in [3.8, 4) is 5.75 Å². The van der Waals surface area contributed by atoms with Crippen LogP contribution in [-0.4, -0.2) is 68.9 Å². The highest BCUT2D eigenvalue weighted by Crippen LogP contribution is 2.29. The maximum Gasteiger partial charge on any atom is 0.264 e. The number of carbonyl (C=O) groups excluding carboxylic acids is 1. The fourth-order valence-corrected chi connectivity index (χ4v) is 6.53. The van der Waals surface area contributed by atoms with Crippen LogP contribution >= 0.6 is 0 Å². The molecule has 36 heavy (non-hydrogen) atoms. The van der Waals surface area contributed by atoms with Crippen LogP contribution in [0.2, 0.25) is 0 Å². The molecule has 190 valence electrons. The van der Waals surface area contributed by atoms with Gasteiger partial charge < -0.3 is 9.64 Å². The number of ether oxygens (including phenoxy) is 1. The van der Waals surface area contributed by atoms with Crippen molar-refractivity contribution in [3.63, 3.8) is 0 Å². The Morgan fingerprint density at radius 3 is 2.56 bits per heavy atom. The van der Waals surface area contributed by atoms with Gasteiger partial charge in [-0.15, -0.1) is 0 Å². The third-order valence-corrected chi connectivity index (χ3v) is 8.63. The number of nitrogens with one attached hydrogen (secondary N) is 1. The molecule has 3 aromatic rings. The van der Waals surface area contributed by atoms with Crippen molar-refractivity contribution in [2.24, 2.45) is 5.92 Å². The van der Waals surface area contributed by atoms with E-state index in [1.54, 1.807) is 36.5 Å². The Morgan fingerprint density at radius 1 is 1.06 bits per heavy atom. The highest BCUT2D eigenvalue weighted by molar-refractivity contribution is 7.93. The summed E-state index contributed by atoms with van der Waals surface area (Å²) in [6.07, 6.45) is 6.90. The van der Waals surface area contributed by atoms with Crippen molar-refractivity contribution in [2.75, 3.05) is 44.6 Å². The van der Waals surface area contributed by atoms with Crippen LogP contribution in [0.15, 0.2) is 59.6 Å². The molecule has 1 aromatic heterocycles. The summed E-state index contributed by atoms with van der Waals surface area (Å²) in [6, 6.07) is 13.4. The standard InChI is InChI=1S/C27H32N4O4S/c1-35-24-18-22(29-36(33,34)25-10-4-8-21-9-5-13-28-26(21)25)11-12-23(24)27(32)31-16-14-30(15-17-31)19-20-6-2-3-7-20/h4-5,8-13,18,20,29H,2-3,6-7,14-17,19H2,1H3. The first kappa shape index (κ1) is 24.5. The molecule has 1 aliphatic carbocycles. The summed E-state index contributed by atoms with van der Waals surface area (Å²) in [5, 5.41) is 0.738. The molecular formula is C27H32N4O4S. The minimum absolute atomic E-state index is 0.0928. The number of sulfonamides is 1. The molecule has 0 unspecified atom stereocenters. The van der Waals surface area contributed by atoms with Crippen molar-refractivity contribution >= 4 is 32.5 Å². The Morgan fingerprint density at radius 2 is 1.81 bits per heavy atom. The number of nitrogens with zero attached hydrogens (tertiary/aromatic N) is 3. The average Bonchev–Trinajstić information content (AvgIpc) is 3.41. The Labute approximate surface area is 212 Å². The van der Waals surface area contributed by atoms with Crippen molar-refractivity contribution in [3.05, 3.63) is 60.3 Å². The van der Waals surface area contributed by atoms with Crippen LogP contribution < -0.4 is 9.46 Å². The largest absolute Gasteiger partial charge is 0.496 e. The first-order valence-corrected chi connectivity index (χ1v) is 14.0. The maximum atomic E-state index is 13.3. The number of pyridine rings is 1. The number of aromatic nitrogens is 1. The third-order valence-electron chi connectivity index (χ3n) is 7.22. The van der Waals surface area contributed by atoms with Crippen LogP contribution in [0.25, 0.3) is 10.9 Å². The molecular weight excluding hydrogens is 476 g/mol. The molecule has 2 aliphatic rings. The average molecular weight is 509 g/mol. The Hall–Kier alpha value is -3.17. The van der Waals surface area contributed by atoms with Crippen LogP contribution in [0.4, 0.5) is 5.69 Å². The lowest BCUT2D eigenvalue weighted by Crippen LogP contribution is -2.49. The topological polar surface area (TPSA) is 91.8 Å². The van der Waals surface area contributed by atoms with Crippen molar-refractivity contribution in [1.82, 2.24) is 14.8 Å². The molecule has 0 spiro atoms. The third kappa shape index (κ3) is 5.17. The van der Waals surface area contributed by atoms with E-state index in [0.29, 0.717) is 35.6 Å². The zero-order valence-electron chi connectivity index (χ0n) is 20.5. The molecule has 0 radical (unpaired) electrons. The first-order chi connectivity index (χ1) is 17.4. The number of amides is 1. The number of hydrogen-bond acceptors (Lipinski definition) is 6. The van der Waals surface area contributed by atoms with Gasteiger partial charge in [-0.1, -0.05) is 31.0 Å². The second-order valence-electron chi connectivity index (χ2n) is 9.60. The Bertz CT molecular complexity index is 1340. The number of piperazine rings is 1. The van der Waals surface area contributed by atoms with E-state index in [0.717, 1.165) is 30.9 Å². The fourth-order valence-electron chi connectivity index (χ4n) is 5.30. The lowest BCUT2D eigenvalue weighted by atomic mass is 10.1. The molecule has 1 aliphatic heterocycles. The number of anilines is 1. The Kier molecular flexibility index (Phi) is 7.11. The van der Waals surface area contributed by atoms with E-state index in [1.807, 2.05) is 17.0 Å². The van der Waals surface area contributed by atoms with Gasteiger partial charge in [0.1, 0.15) is 10.6 Å². The lowest BCUT2D eigenvalue weighted by Gasteiger charge is -2.36. The highest BCUT2D eigenvalue weighted by atomic mass is 32.2. The first-order valence-electron chi connectivity index (χ1n) is 12.5. The molecule has 2 heterocycles. The molecule has 5 rings (SSSR count). The summed E-state index contributed by atoms with van der Waals surface area (Å²) in [4.78, 5) is 21.9. The van der Waals surface area contributed by atoms with Gasteiger partial charge in [0, 0.05) is 50.4 Å². The summed E-state index contributed by atoms with van der Waals surface area (Å²) in [7, 11) is -2.42. The van der Waals surface area contributed by atoms with E-state index >= 15 is 0 Å². The van der Waals surface area contributed by atoms with Crippen LogP contribution in [0, 0.1) is 5.92 Å². The molecule has 9 heteroatoms. The van der Waals surface area contributed by atoms with Gasteiger partial charge in [0.05, 0.1) is 23.9 Å². The minimum Gasteiger partial charge on any atom is -0.496 e. The normalized spacial score (nSPS) is 17.4. The fraction of sp³-hybridized carbons (Fsp3) is 0.407. The van der Waals surface area contributed by atoms with E-state index in [9.17, 15) is 13.2 Å². The van der Waals surface area contributed by atoms with Crippen molar-refractivity contribution in [1.29, 1.82) is 0 Å². The van der Waals surface area contributed by atoms with E-state index in [4.69, 9.17) is 4.74 Å². The number of carbonyl (C=O) groups is 1. The predicted molar refractivity (Wildman–Crippen MR) is 140 cm³/mol. The zero-order chi connectivity index (χ0) is 25.1. The second-order valence-corrected chi connectivity index (χ2v) is 11.2. The van der Waals surface area contributed by atoms with Gasteiger partial charge in [0.2, 0.25) is 0 Å². The van der Waals surface area contributed by atoms with Gasteiger partial charge in [-0.25, -0.2) is 8.42 Å². The zero-order valence-corrected chi connectivity index (χ0v) is 21.3. The predicted octanol–water partition coefficient (Wildman–Crippen LogP) is 3.99. The van der Waals surface area contributed by atoms with Gasteiger partial charge >= 0.3 is 0 Å². The molecule has 1 N–H and O–H groups in total. The van der Waals surface area contributed by atoms with Crippen LogP contribution in [0.1, 0.15) is 36.0 Å². The smallest absolute Gasteiger partial charge is 0.264 e. The quantitative estimate of drug-likeness (QED) is 0.519. The highest BCUT2D eigenvalue weighted by Gasteiger charge is 2.27. The lowest BCUT2D eigenvalue weighted by molar-refractivity contribution is 0.0615. The van der Waals surface area contributed by atoms with Crippen LogP contribution in [0.3, 0.4) is 0 Å². The number of fused-ring (bicyclic) bond motifs is 1. The molecule has 1 amide bonds. The van der Waals surface area contributed by atoms with Gasteiger partial charge in [0.15, 0.2) is 0 Å². The summed E-state index contributed by atoms with van der Waals surface area (Å²) < 4.78 is 34.4. The minimum atomic E-state index is -3.90. The monoisotopic (exact) mass is 508 g/mol. The molecule has 2 fully saturated rings. The van der Waals surface area contributed by atoms with Gasteiger partial charge in [-0.3, -0.25) is 19.4 Å². The van der Waals surface area contributed by atoms with Crippen LogP contribution in [0.5, 0.6) is 5.75 Å². The van der Waals surface area contributed by atoms with Crippen molar-refractivity contribution < 1.29 is 17.9 Å². The maximum absolute atomic E-state index is 13.3. The van der Waals surface area contributed by atoms with E-state index in [1.165, 1.54) is 38.9 Å². The number of rotatable bonds is 7. The van der Waals surface area contributed by atoms with E-state index in [2.05, 4.69) is 14.6 Å². The van der Waals surface area contributed by atoms with Crippen LogP contribution in [-0.2, 0) is 10.0 Å². The number of methoxy groups -OCH3 is 1. The molecule has 2 aromatic carbocycles. The Balaban J connectivity index is 1.29.